The van der Waals surface area contributed by atoms with Crippen molar-refractivity contribution in [2.75, 3.05) is 7.05 Å². The Labute approximate surface area is 135 Å². The van der Waals surface area contributed by atoms with Gasteiger partial charge in [-0.05, 0) is 19.4 Å². The minimum Gasteiger partial charge on any atom is -0.386 e. The van der Waals surface area contributed by atoms with E-state index in [0.29, 0.717) is 6.42 Å². The summed E-state index contributed by atoms with van der Waals surface area (Å²) >= 11 is 0. The Morgan fingerprint density at radius 3 is 2.27 bits per heavy atom. The lowest BCUT2D eigenvalue weighted by molar-refractivity contribution is -0.137. The average Bonchev–Trinajstić information content (AvgIpc) is 2.59. The molecule has 22 heavy (non-hydrogen) atoms. The smallest absolute Gasteiger partial charge is 0.226 e. The van der Waals surface area contributed by atoms with Crippen LogP contribution >= 0.6 is 0 Å². The fraction of sp³-hybridized carbons (Fsp3) is 0.526. The van der Waals surface area contributed by atoms with Crippen LogP contribution < -0.4 is 0 Å². The number of likely N-dealkylation sites (N-methyl/N-ethyl adjacent to an activating group) is 1. The van der Waals surface area contributed by atoms with Gasteiger partial charge >= 0.3 is 0 Å². The Balaban J connectivity index is 0.00000211. The molecule has 0 saturated carbocycles. The zero-order chi connectivity index (χ0) is 17.1. The maximum absolute atomic E-state index is 12.3. The number of hydrogen-bond acceptors (Lipinski definition) is 2. The molecule has 3 nitrogen and oxygen atoms in total. The van der Waals surface area contributed by atoms with Crippen molar-refractivity contribution in [3.63, 3.8) is 0 Å². The second kappa shape index (κ2) is 10.9. The number of nitrogens with zero attached hydrogens (tertiary/aromatic N) is 1. The molecular weight excluding hydrogens is 274 g/mol. The molecule has 0 aliphatic rings. The van der Waals surface area contributed by atoms with E-state index in [1.54, 1.807) is 18.9 Å². The molecular formula is C19H29NO2. The van der Waals surface area contributed by atoms with Gasteiger partial charge in [-0.15, -0.1) is 11.8 Å². The molecule has 122 valence electrons. The van der Waals surface area contributed by atoms with Crippen molar-refractivity contribution in [1.82, 2.24) is 4.90 Å². The van der Waals surface area contributed by atoms with Gasteiger partial charge in [0.2, 0.25) is 5.91 Å². The first-order chi connectivity index (χ1) is 10.5. The molecule has 1 rings (SSSR count). The van der Waals surface area contributed by atoms with Crippen molar-refractivity contribution in [1.29, 1.82) is 0 Å². The monoisotopic (exact) mass is 303 g/mol. The van der Waals surface area contributed by atoms with Gasteiger partial charge < -0.3 is 10.0 Å². The van der Waals surface area contributed by atoms with E-state index in [9.17, 15) is 9.90 Å². The molecule has 1 N–H and O–H groups in total. The highest BCUT2D eigenvalue weighted by Gasteiger charge is 2.26. The van der Waals surface area contributed by atoms with Gasteiger partial charge in [0.05, 0.1) is 12.1 Å². The van der Waals surface area contributed by atoms with E-state index in [4.69, 9.17) is 0 Å². The number of aliphatic hydroxyl groups excluding tert-OH is 1. The van der Waals surface area contributed by atoms with Gasteiger partial charge in [0.15, 0.2) is 0 Å². The van der Waals surface area contributed by atoms with Crippen LogP contribution in [0.5, 0.6) is 0 Å². The Morgan fingerprint density at radius 1 is 1.23 bits per heavy atom. The Kier molecular flexibility index (Phi) is 9.98. The summed E-state index contributed by atoms with van der Waals surface area (Å²) in [7, 11) is 1.73. The molecule has 0 bridgehead atoms. The zero-order valence-electron chi connectivity index (χ0n) is 14.6. The molecule has 0 aliphatic heterocycles. The Hall–Kier alpha value is -1.79. The highest BCUT2D eigenvalue weighted by molar-refractivity contribution is 5.78. The van der Waals surface area contributed by atoms with Crippen molar-refractivity contribution in [3.8, 4) is 11.8 Å². The molecule has 0 saturated heterocycles. The van der Waals surface area contributed by atoms with Crippen LogP contribution in [0.15, 0.2) is 30.3 Å². The number of hydrogen-bond donors (Lipinski definition) is 1. The van der Waals surface area contributed by atoms with E-state index in [-0.39, 0.29) is 17.9 Å². The van der Waals surface area contributed by atoms with Gasteiger partial charge in [-0.2, -0.15) is 0 Å². The van der Waals surface area contributed by atoms with E-state index < -0.39 is 6.10 Å². The zero-order valence-corrected chi connectivity index (χ0v) is 14.6. The summed E-state index contributed by atoms with van der Waals surface area (Å²) in [6.45, 7) is 9.49. The average molecular weight is 303 g/mol. The predicted octanol–water partition coefficient (Wildman–Crippen LogP) is 3.64. The lowest BCUT2D eigenvalue weighted by atomic mass is 10.0. The normalized spacial score (nSPS) is 13.6. The molecule has 2 unspecified atom stereocenters. The predicted molar refractivity (Wildman–Crippen MR) is 92.2 cm³/mol. The Bertz CT molecular complexity index is 487. The molecule has 3 heteroatoms. The summed E-state index contributed by atoms with van der Waals surface area (Å²) < 4.78 is 0. The maximum atomic E-state index is 12.3. The molecule has 0 fully saturated rings. The molecule has 0 aromatic heterocycles. The van der Waals surface area contributed by atoms with E-state index in [0.717, 1.165) is 5.56 Å². The summed E-state index contributed by atoms with van der Waals surface area (Å²) in [6.07, 6.45) is -0.136. The van der Waals surface area contributed by atoms with Crippen LogP contribution in [-0.2, 0) is 4.79 Å². The topological polar surface area (TPSA) is 40.5 Å². The van der Waals surface area contributed by atoms with Gasteiger partial charge in [-0.3, -0.25) is 4.79 Å². The largest absolute Gasteiger partial charge is 0.386 e. The third kappa shape index (κ3) is 5.91. The molecule has 3 atom stereocenters. The van der Waals surface area contributed by atoms with Crippen molar-refractivity contribution in [3.05, 3.63) is 35.9 Å². The number of carbonyl (C=O) groups is 1. The van der Waals surface area contributed by atoms with Crippen LogP contribution in [0.1, 0.15) is 52.7 Å². The molecule has 1 amide bonds. The number of aliphatic hydroxyl groups is 1. The van der Waals surface area contributed by atoms with Crippen molar-refractivity contribution in [2.24, 2.45) is 5.92 Å². The van der Waals surface area contributed by atoms with E-state index >= 15 is 0 Å². The van der Waals surface area contributed by atoms with Crippen molar-refractivity contribution in [2.45, 2.75) is 53.2 Å². The summed E-state index contributed by atoms with van der Waals surface area (Å²) in [5, 5.41) is 10.3. The minimum atomic E-state index is -0.686. The lowest BCUT2D eigenvalue weighted by Crippen LogP contribution is -2.41. The summed E-state index contributed by atoms with van der Waals surface area (Å²) in [6, 6.07) is 9.12. The van der Waals surface area contributed by atoms with Crippen LogP contribution in [0.3, 0.4) is 0 Å². The van der Waals surface area contributed by atoms with E-state index in [1.807, 2.05) is 58.0 Å². The van der Waals surface area contributed by atoms with Gasteiger partial charge in [0.25, 0.3) is 0 Å². The van der Waals surface area contributed by atoms with Crippen molar-refractivity contribution < 1.29 is 9.90 Å². The summed E-state index contributed by atoms with van der Waals surface area (Å²) in [4.78, 5) is 13.9. The van der Waals surface area contributed by atoms with Crippen molar-refractivity contribution >= 4 is 5.91 Å². The highest BCUT2D eigenvalue weighted by Crippen LogP contribution is 2.21. The molecule has 1 aromatic rings. The number of benzene rings is 1. The third-order valence-corrected chi connectivity index (χ3v) is 3.56. The molecule has 1 aromatic carbocycles. The fourth-order valence-electron chi connectivity index (χ4n) is 2.03. The first-order valence-corrected chi connectivity index (χ1v) is 7.88. The number of carbonyl (C=O) groups excluding carboxylic acids is 1. The molecule has 0 aliphatic carbocycles. The van der Waals surface area contributed by atoms with Crippen LogP contribution in [-0.4, -0.2) is 29.0 Å². The van der Waals surface area contributed by atoms with Crippen LogP contribution in [0.2, 0.25) is 0 Å². The summed E-state index contributed by atoms with van der Waals surface area (Å²) in [5.74, 6) is 5.58. The second-order valence-electron chi connectivity index (χ2n) is 5.08. The molecule has 0 spiro atoms. The second-order valence-corrected chi connectivity index (χ2v) is 5.08. The number of amides is 1. The SMILES string of the molecule is CC.CC#CCC(C)C(=O)N(C)[C@H](C)C(O)c1ccccc1. The van der Waals surface area contributed by atoms with Gasteiger partial charge in [0.1, 0.15) is 0 Å². The Morgan fingerprint density at radius 2 is 1.77 bits per heavy atom. The maximum Gasteiger partial charge on any atom is 0.226 e. The fourth-order valence-corrected chi connectivity index (χ4v) is 2.03. The quantitative estimate of drug-likeness (QED) is 0.844. The standard InChI is InChI=1S/C17H23NO2.C2H6/c1-5-6-10-13(2)17(20)18(4)14(3)16(19)15-11-8-7-9-12-15;1-2/h7-9,11-14,16,19H,10H2,1-4H3;1-2H3/t13?,14-,16?;/m1./s1. The minimum absolute atomic E-state index is 0.00947. The third-order valence-electron chi connectivity index (χ3n) is 3.56. The molecule has 0 heterocycles. The lowest BCUT2D eigenvalue weighted by Gasteiger charge is -2.31. The first kappa shape index (κ1) is 20.2. The van der Waals surface area contributed by atoms with Gasteiger partial charge in [-0.25, -0.2) is 0 Å². The highest BCUT2D eigenvalue weighted by atomic mass is 16.3. The van der Waals surface area contributed by atoms with Crippen LogP contribution in [0.4, 0.5) is 0 Å². The van der Waals surface area contributed by atoms with Crippen LogP contribution in [0, 0.1) is 17.8 Å². The summed E-state index contributed by atoms with van der Waals surface area (Å²) in [5.41, 5.74) is 0.820. The van der Waals surface area contributed by atoms with E-state index in [2.05, 4.69) is 11.8 Å². The van der Waals surface area contributed by atoms with Gasteiger partial charge in [0, 0.05) is 19.4 Å². The van der Waals surface area contributed by atoms with Crippen LogP contribution in [0.25, 0.3) is 0 Å². The first-order valence-electron chi connectivity index (χ1n) is 7.88. The van der Waals surface area contributed by atoms with E-state index in [1.165, 1.54) is 0 Å². The number of rotatable bonds is 5. The molecule has 0 radical (unpaired) electrons. The van der Waals surface area contributed by atoms with Gasteiger partial charge in [-0.1, -0.05) is 51.1 Å².